The standard InChI is InChI=1S/C15H14N2O4/c18-9-10-7-15(19)16(8-10)13-5-6-14(17(20)21)12-4-2-1-3-11(12)13/h1-6,10,18H,7-9H2. The number of carbonyl (C=O) groups excluding carboxylic acids is 1. The number of non-ortho nitro benzene ring substituents is 1. The van der Waals surface area contributed by atoms with E-state index in [4.69, 9.17) is 0 Å². The van der Waals surface area contributed by atoms with E-state index in [0.717, 1.165) is 0 Å². The maximum Gasteiger partial charge on any atom is 0.277 e. The maximum atomic E-state index is 12.1. The number of rotatable bonds is 3. The van der Waals surface area contributed by atoms with Gasteiger partial charge in [0.25, 0.3) is 5.69 Å². The molecule has 0 spiro atoms. The lowest BCUT2D eigenvalue weighted by Gasteiger charge is -2.18. The molecule has 3 rings (SSSR count). The monoisotopic (exact) mass is 286 g/mol. The van der Waals surface area contributed by atoms with Crippen LogP contribution in [0.2, 0.25) is 0 Å². The second-order valence-corrected chi connectivity index (χ2v) is 5.16. The minimum atomic E-state index is -0.422. The molecule has 1 saturated heterocycles. The molecule has 1 fully saturated rings. The Morgan fingerprint density at radius 2 is 1.95 bits per heavy atom. The summed E-state index contributed by atoms with van der Waals surface area (Å²) in [5, 5.41) is 21.5. The highest BCUT2D eigenvalue weighted by Crippen LogP contribution is 2.36. The van der Waals surface area contributed by atoms with Gasteiger partial charge in [-0.2, -0.15) is 0 Å². The Morgan fingerprint density at radius 3 is 2.57 bits per heavy atom. The molecule has 1 amide bonds. The Bertz CT molecular complexity index is 729. The van der Waals surface area contributed by atoms with Crippen LogP contribution in [0.15, 0.2) is 36.4 Å². The van der Waals surface area contributed by atoms with E-state index in [0.29, 0.717) is 29.4 Å². The molecule has 0 aromatic heterocycles. The Balaban J connectivity index is 2.14. The van der Waals surface area contributed by atoms with Crippen LogP contribution in [-0.4, -0.2) is 29.1 Å². The lowest BCUT2D eigenvalue weighted by molar-refractivity contribution is -0.383. The van der Waals surface area contributed by atoms with Crippen molar-refractivity contribution in [2.75, 3.05) is 18.1 Å². The van der Waals surface area contributed by atoms with Gasteiger partial charge in [-0.25, -0.2) is 0 Å². The van der Waals surface area contributed by atoms with Crippen LogP contribution in [0.25, 0.3) is 10.8 Å². The van der Waals surface area contributed by atoms with Gasteiger partial charge in [-0.1, -0.05) is 18.2 Å². The number of nitro groups is 1. The van der Waals surface area contributed by atoms with E-state index < -0.39 is 4.92 Å². The number of nitrogens with zero attached hydrogens (tertiary/aromatic N) is 2. The SMILES string of the molecule is O=C1CC(CO)CN1c1ccc([N+](=O)[O-])c2ccccc12. The third kappa shape index (κ3) is 2.23. The van der Waals surface area contributed by atoms with E-state index in [1.54, 1.807) is 35.2 Å². The van der Waals surface area contributed by atoms with Gasteiger partial charge in [0.2, 0.25) is 5.91 Å². The quantitative estimate of drug-likeness (QED) is 0.691. The molecule has 6 nitrogen and oxygen atoms in total. The zero-order valence-corrected chi connectivity index (χ0v) is 11.2. The number of aliphatic hydroxyl groups excluding tert-OH is 1. The van der Waals surface area contributed by atoms with Crippen LogP contribution in [0, 0.1) is 16.0 Å². The van der Waals surface area contributed by atoms with Crippen molar-refractivity contribution in [2.24, 2.45) is 5.92 Å². The normalized spacial score (nSPS) is 18.4. The van der Waals surface area contributed by atoms with Crippen LogP contribution in [0.1, 0.15) is 6.42 Å². The van der Waals surface area contributed by atoms with Gasteiger partial charge < -0.3 is 10.0 Å². The van der Waals surface area contributed by atoms with Gasteiger partial charge in [0.15, 0.2) is 0 Å². The summed E-state index contributed by atoms with van der Waals surface area (Å²) in [6.45, 7) is 0.407. The second kappa shape index (κ2) is 5.14. The number of fused-ring (bicyclic) bond motifs is 1. The first-order valence-electron chi connectivity index (χ1n) is 6.69. The van der Waals surface area contributed by atoms with Crippen LogP contribution in [0.5, 0.6) is 0 Å². The molecule has 2 aromatic rings. The van der Waals surface area contributed by atoms with Crippen molar-refractivity contribution in [3.05, 3.63) is 46.5 Å². The molecule has 6 heteroatoms. The van der Waals surface area contributed by atoms with Gasteiger partial charge in [-0.05, 0) is 12.1 Å². The van der Waals surface area contributed by atoms with E-state index in [2.05, 4.69) is 0 Å². The first-order chi connectivity index (χ1) is 10.1. The summed E-state index contributed by atoms with van der Waals surface area (Å²) in [5.41, 5.74) is 0.692. The van der Waals surface area contributed by atoms with E-state index in [1.165, 1.54) is 6.07 Å². The molecule has 2 aromatic carbocycles. The first-order valence-corrected chi connectivity index (χ1v) is 6.69. The van der Waals surface area contributed by atoms with E-state index in [1.807, 2.05) is 0 Å². The summed E-state index contributed by atoms with van der Waals surface area (Å²) in [5.74, 6) is -0.139. The summed E-state index contributed by atoms with van der Waals surface area (Å²) in [4.78, 5) is 24.4. The van der Waals surface area contributed by atoms with Gasteiger partial charge in [0.1, 0.15) is 0 Å². The molecule has 1 heterocycles. The van der Waals surface area contributed by atoms with E-state index >= 15 is 0 Å². The van der Waals surface area contributed by atoms with Crippen LogP contribution in [0.4, 0.5) is 11.4 Å². The molecule has 0 saturated carbocycles. The summed E-state index contributed by atoms with van der Waals surface area (Å²) in [6, 6.07) is 10.0. The Morgan fingerprint density at radius 1 is 1.24 bits per heavy atom. The van der Waals surface area contributed by atoms with Crippen LogP contribution >= 0.6 is 0 Å². The van der Waals surface area contributed by atoms with Gasteiger partial charge in [0.05, 0.1) is 16.0 Å². The highest BCUT2D eigenvalue weighted by atomic mass is 16.6. The van der Waals surface area contributed by atoms with Gasteiger partial charge >= 0.3 is 0 Å². The number of hydrogen-bond donors (Lipinski definition) is 1. The second-order valence-electron chi connectivity index (χ2n) is 5.16. The van der Waals surface area contributed by atoms with Crippen molar-refractivity contribution in [1.82, 2.24) is 0 Å². The van der Waals surface area contributed by atoms with Crippen molar-refractivity contribution >= 4 is 28.1 Å². The number of nitro benzene ring substituents is 1. The van der Waals surface area contributed by atoms with Crippen molar-refractivity contribution in [1.29, 1.82) is 0 Å². The summed E-state index contributed by atoms with van der Waals surface area (Å²) >= 11 is 0. The van der Waals surface area contributed by atoms with Crippen molar-refractivity contribution in [2.45, 2.75) is 6.42 Å². The van der Waals surface area contributed by atoms with Gasteiger partial charge in [-0.3, -0.25) is 14.9 Å². The lowest BCUT2D eigenvalue weighted by atomic mass is 10.1. The average molecular weight is 286 g/mol. The fraction of sp³-hybridized carbons (Fsp3) is 0.267. The molecule has 0 bridgehead atoms. The highest BCUT2D eigenvalue weighted by molar-refractivity contribution is 6.07. The number of anilines is 1. The zero-order valence-electron chi connectivity index (χ0n) is 11.2. The predicted octanol–water partition coefficient (Wildman–Crippen LogP) is 2.09. The third-order valence-electron chi connectivity index (χ3n) is 3.83. The van der Waals surface area contributed by atoms with Gasteiger partial charge in [0, 0.05) is 36.9 Å². The molecular weight excluding hydrogens is 272 g/mol. The molecule has 1 N–H and O–H groups in total. The molecular formula is C15H14N2O4. The van der Waals surface area contributed by atoms with Crippen molar-refractivity contribution in [3.8, 4) is 0 Å². The number of benzene rings is 2. The fourth-order valence-corrected chi connectivity index (χ4v) is 2.80. The smallest absolute Gasteiger partial charge is 0.277 e. The van der Waals surface area contributed by atoms with Crippen LogP contribution < -0.4 is 4.90 Å². The number of aliphatic hydroxyl groups is 1. The summed E-state index contributed by atoms with van der Waals surface area (Å²) in [7, 11) is 0. The molecule has 108 valence electrons. The minimum Gasteiger partial charge on any atom is -0.396 e. The Kier molecular flexibility index (Phi) is 3.31. The molecule has 1 aliphatic heterocycles. The Hall–Kier alpha value is -2.47. The zero-order chi connectivity index (χ0) is 15.0. The van der Waals surface area contributed by atoms with Crippen molar-refractivity contribution in [3.63, 3.8) is 0 Å². The van der Waals surface area contributed by atoms with Gasteiger partial charge in [-0.15, -0.1) is 0 Å². The molecule has 0 aliphatic carbocycles. The molecule has 1 atom stereocenters. The maximum absolute atomic E-state index is 12.1. The van der Waals surface area contributed by atoms with Crippen LogP contribution in [-0.2, 0) is 4.79 Å². The van der Waals surface area contributed by atoms with Crippen LogP contribution in [0.3, 0.4) is 0 Å². The van der Waals surface area contributed by atoms with E-state index in [9.17, 15) is 20.0 Å². The molecule has 21 heavy (non-hydrogen) atoms. The number of carbonyl (C=O) groups is 1. The third-order valence-corrected chi connectivity index (χ3v) is 3.83. The topological polar surface area (TPSA) is 83.7 Å². The average Bonchev–Trinajstić information content (AvgIpc) is 2.87. The fourth-order valence-electron chi connectivity index (χ4n) is 2.80. The minimum absolute atomic E-state index is 0.0275. The molecule has 1 aliphatic rings. The van der Waals surface area contributed by atoms with Crippen molar-refractivity contribution < 1.29 is 14.8 Å². The first kappa shape index (κ1) is 13.5. The summed E-state index contributed by atoms with van der Waals surface area (Å²) < 4.78 is 0. The van der Waals surface area contributed by atoms with E-state index in [-0.39, 0.29) is 24.1 Å². The summed E-state index contributed by atoms with van der Waals surface area (Å²) in [6.07, 6.45) is 0.307. The predicted molar refractivity (Wildman–Crippen MR) is 78.1 cm³/mol. The largest absolute Gasteiger partial charge is 0.396 e. The lowest BCUT2D eigenvalue weighted by Crippen LogP contribution is -2.25. The molecule has 1 unspecified atom stereocenters. The number of hydrogen-bond acceptors (Lipinski definition) is 4. The number of amides is 1. The Labute approximate surface area is 120 Å². The molecule has 0 radical (unpaired) electrons. The highest BCUT2D eigenvalue weighted by Gasteiger charge is 2.31.